The summed E-state index contributed by atoms with van der Waals surface area (Å²) in [5.41, 5.74) is 3.80. The van der Waals surface area contributed by atoms with Gasteiger partial charge < -0.3 is 5.32 Å². The fourth-order valence-electron chi connectivity index (χ4n) is 3.26. The molecule has 0 aliphatic carbocycles. The molecule has 1 N–H and O–H groups in total. The van der Waals surface area contributed by atoms with Crippen molar-refractivity contribution in [3.8, 4) is 22.4 Å². The standard InChI is InChI=1S/C25H18ClFN2OS/c1-31-19-9-10-20(21(15-19)16-5-4-6-17(27)13-16)25(30)29-18-8-11-23(26)22(14-18)24-7-2-3-12-28-24/h2-15H,1H3,(H,29,30). The number of amides is 1. The second kappa shape index (κ2) is 9.33. The summed E-state index contributed by atoms with van der Waals surface area (Å²) in [7, 11) is 0. The predicted molar refractivity (Wildman–Crippen MR) is 126 cm³/mol. The molecule has 31 heavy (non-hydrogen) atoms. The highest BCUT2D eigenvalue weighted by Gasteiger charge is 2.16. The van der Waals surface area contributed by atoms with Gasteiger partial charge in [-0.05, 0) is 78.0 Å². The molecule has 0 atom stereocenters. The molecule has 0 radical (unpaired) electrons. The number of hydrogen-bond acceptors (Lipinski definition) is 3. The second-order valence-corrected chi connectivity index (χ2v) is 8.07. The van der Waals surface area contributed by atoms with Gasteiger partial charge in [0.2, 0.25) is 0 Å². The van der Waals surface area contributed by atoms with Crippen LogP contribution in [0.1, 0.15) is 10.4 Å². The van der Waals surface area contributed by atoms with E-state index in [2.05, 4.69) is 10.3 Å². The number of nitrogens with one attached hydrogen (secondary N) is 1. The van der Waals surface area contributed by atoms with Gasteiger partial charge in [-0.2, -0.15) is 0 Å². The Morgan fingerprint density at radius 3 is 2.58 bits per heavy atom. The molecule has 0 saturated carbocycles. The number of anilines is 1. The lowest BCUT2D eigenvalue weighted by atomic mass is 9.99. The molecule has 1 aromatic heterocycles. The van der Waals surface area contributed by atoms with Crippen molar-refractivity contribution >= 4 is 35.0 Å². The molecule has 1 amide bonds. The van der Waals surface area contributed by atoms with Gasteiger partial charge in [-0.3, -0.25) is 9.78 Å². The lowest BCUT2D eigenvalue weighted by Crippen LogP contribution is -2.13. The molecule has 6 heteroatoms. The van der Waals surface area contributed by atoms with Crippen molar-refractivity contribution < 1.29 is 9.18 Å². The fourth-order valence-corrected chi connectivity index (χ4v) is 3.92. The summed E-state index contributed by atoms with van der Waals surface area (Å²) in [5.74, 6) is -0.641. The maximum Gasteiger partial charge on any atom is 0.256 e. The molecule has 0 saturated heterocycles. The first kappa shape index (κ1) is 21.1. The van der Waals surface area contributed by atoms with Gasteiger partial charge in [-0.1, -0.05) is 29.8 Å². The Balaban J connectivity index is 1.70. The summed E-state index contributed by atoms with van der Waals surface area (Å²) in [6.45, 7) is 0. The van der Waals surface area contributed by atoms with Gasteiger partial charge in [0.05, 0.1) is 10.7 Å². The first-order chi connectivity index (χ1) is 15.0. The van der Waals surface area contributed by atoms with Crippen LogP contribution in [-0.4, -0.2) is 17.1 Å². The molecule has 0 aliphatic rings. The number of benzene rings is 3. The summed E-state index contributed by atoms with van der Waals surface area (Å²) in [6.07, 6.45) is 3.65. The van der Waals surface area contributed by atoms with E-state index in [0.717, 1.165) is 10.5 Å². The van der Waals surface area contributed by atoms with Crippen LogP contribution in [0.15, 0.2) is 90.0 Å². The van der Waals surface area contributed by atoms with E-state index in [1.807, 2.05) is 36.6 Å². The summed E-state index contributed by atoms with van der Waals surface area (Å²) in [5, 5.41) is 3.47. The zero-order valence-electron chi connectivity index (χ0n) is 16.6. The average Bonchev–Trinajstić information content (AvgIpc) is 2.80. The van der Waals surface area contributed by atoms with Crippen LogP contribution in [0.3, 0.4) is 0 Å². The SMILES string of the molecule is CSc1ccc(C(=O)Nc2ccc(Cl)c(-c3ccccn3)c2)c(-c2cccc(F)c2)c1. The minimum absolute atomic E-state index is 0.291. The molecular weight excluding hydrogens is 431 g/mol. The Morgan fingerprint density at radius 1 is 0.968 bits per heavy atom. The van der Waals surface area contributed by atoms with E-state index in [9.17, 15) is 9.18 Å². The largest absolute Gasteiger partial charge is 0.322 e. The quantitative estimate of drug-likeness (QED) is 0.329. The van der Waals surface area contributed by atoms with E-state index in [0.29, 0.717) is 33.1 Å². The lowest BCUT2D eigenvalue weighted by Gasteiger charge is -2.13. The minimum Gasteiger partial charge on any atom is -0.322 e. The monoisotopic (exact) mass is 448 g/mol. The highest BCUT2D eigenvalue weighted by atomic mass is 35.5. The van der Waals surface area contributed by atoms with Crippen LogP contribution in [0, 0.1) is 5.82 Å². The third kappa shape index (κ3) is 4.79. The van der Waals surface area contributed by atoms with Gasteiger partial charge in [-0.25, -0.2) is 4.39 Å². The number of thioether (sulfide) groups is 1. The molecule has 3 nitrogen and oxygen atoms in total. The molecule has 0 spiro atoms. The first-order valence-corrected chi connectivity index (χ1v) is 11.1. The van der Waals surface area contributed by atoms with Crippen molar-refractivity contribution in [2.75, 3.05) is 11.6 Å². The number of aromatic nitrogens is 1. The molecule has 0 fully saturated rings. The third-order valence-corrected chi connectivity index (χ3v) is 5.83. The molecule has 0 bridgehead atoms. The van der Waals surface area contributed by atoms with Crippen molar-refractivity contribution in [3.63, 3.8) is 0 Å². The summed E-state index contributed by atoms with van der Waals surface area (Å²) < 4.78 is 13.8. The van der Waals surface area contributed by atoms with Crippen molar-refractivity contribution in [3.05, 3.63) is 101 Å². The van der Waals surface area contributed by atoms with E-state index in [1.54, 1.807) is 54.4 Å². The number of carbonyl (C=O) groups excluding carboxylic acids is 1. The highest BCUT2D eigenvalue weighted by Crippen LogP contribution is 2.32. The van der Waals surface area contributed by atoms with Gasteiger partial charge in [0.25, 0.3) is 5.91 Å². The van der Waals surface area contributed by atoms with Crippen LogP contribution >= 0.6 is 23.4 Å². The van der Waals surface area contributed by atoms with Crippen LogP contribution < -0.4 is 5.32 Å². The maximum atomic E-state index is 13.8. The molecule has 1 heterocycles. The van der Waals surface area contributed by atoms with E-state index in [-0.39, 0.29) is 11.7 Å². The number of carbonyl (C=O) groups is 1. The molecule has 0 unspecified atom stereocenters. The number of hydrogen-bond donors (Lipinski definition) is 1. The smallest absolute Gasteiger partial charge is 0.256 e. The van der Waals surface area contributed by atoms with Crippen LogP contribution in [0.25, 0.3) is 22.4 Å². The van der Waals surface area contributed by atoms with E-state index in [1.165, 1.54) is 12.1 Å². The first-order valence-electron chi connectivity index (χ1n) is 9.51. The average molecular weight is 449 g/mol. The van der Waals surface area contributed by atoms with Crippen molar-refractivity contribution in [1.29, 1.82) is 0 Å². The zero-order valence-corrected chi connectivity index (χ0v) is 18.2. The Bertz CT molecular complexity index is 1250. The Kier molecular flexibility index (Phi) is 6.35. The minimum atomic E-state index is -0.351. The van der Waals surface area contributed by atoms with E-state index >= 15 is 0 Å². The van der Waals surface area contributed by atoms with Crippen LogP contribution in [0.5, 0.6) is 0 Å². The van der Waals surface area contributed by atoms with Crippen molar-refractivity contribution in [2.24, 2.45) is 0 Å². The fraction of sp³-hybridized carbons (Fsp3) is 0.0400. The Labute approximate surface area is 189 Å². The molecule has 4 aromatic rings. The van der Waals surface area contributed by atoms with Crippen molar-refractivity contribution in [2.45, 2.75) is 4.90 Å². The van der Waals surface area contributed by atoms with Crippen LogP contribution in [0.4, 0.5) is 10.1 Å². The number of pyridine rings is 1. The highest BCUT2D eigenvalue weighted by molar-refractivity contribution is 7.98. The third-order valence-electron chi connectivity index (χ3n) is 4.77. The summed E-state index contributed by atoms with van der Waals surface area (Å²) in [4.78, 5) is 18.5. The molecule has 154 valence electrons. The Hall–Kier alpha value is -3.15. The molecular formula is C25H18ClFN2OS. The van der Waals surface area contributed by atoms with Gasteiger partial charge >= 0.3 is 0 Å². The van der Waals surface area contributed by atoms with Gasteiger partial charge in [0.1, 0.15) is 5.82 Å². The maximum absolute atomic E-state index is 13.8. The van der Waals surface area contributed by atoms with Crippen LogP contribution in [0.2, 0.25) is 5.02 Å². The van der Waals surface area contributed by atoms with Crippen LogP contribution in [-0.2, 0) is 0 Å². The summed E-state index contributed by atoms with van der Waals surface area (Å²) in [6, 6.07) is 22.6. The predicted octanol–water partition coefficient (Wildman–Crippen LogP) is 7.18. The number of rotatable bonds is 5. The van der Waals surface area contributed by atoms with Gasteiger partial charge in [0.15, 0.2) is 0 Å². The van der Waals surface area contributed by atoms with Gasteiger partial charge in [-0.15, -0.1) is 11.8 Å². The lowest BCUT2D eigenvalue weighted by molar-refractivity contribution is 0.102. The molecule has 4 rings (SSSR count). The Morgan fingerprint density at radius 2 is 1.84 bits per heavy atom. The van der Waals surface area contributed by atoms with Crippen molar-refractivity contribution in [1.82, 2.24) is 4.98 Å². The molecule has 0 aliphatic heterocycles. The summed E-state index contributed by atoms with van der Waals surface area (Å²) >= 11 is 7.91. The second-order valence-electron chi connectivity index (χ2n) is 6.79. The number of halogens is 2. The normalized spacial score (nSPS) is 10.7. The number of nitrogens with zero attached hydrogens (tertiary/aromatic N) is 1. The topological polar surface area (TPSA) is 42.0 Å². The van der Waals surface area contributed by atoms with E-state index in [4.69, 9.17) is 11.6 Å². The van der Waals surface area contributed by atoms with E-state index < -0.39 is 0 Å². The molecule has 3 aromatic carbocycles. The van der Waals surface area contributed by atoms with Gasteiger partial charge in [0, 0.05) is 27.9 Å². The zero-order chi connectivity index (χ0) is 21.8.